The second kappa shape index (κ2) is 5.03. The van der Waals surface area contributed by atoms with Gasteiger partial charge in [0.05, 0.1) is 5.69 Å². The van der Waals surface area contributed by atoms with Gasteiger partial charge in [0.2, 0.25) is 0 Å². The van der Waals surface area contributed by atoms with Gasteiger partial charge in [0.1, 0.15) is 10.7 Å². The molecule has 0 saturated carbocycles. The van der Waals surface area contributed by atoms with Gasteiger partial charge in [-0.1, -0.05) is 17.7 Å². The van der Waals surface area contributed by atoms with E-state index in [0.29, 0.717) is 16.4 Å². The number of aromatic amines is 1. The first-order valence-electron chi connectivity index (χ1n) is 6.43. The van der Waals surface area contributed by atoms with Gasteiger partial charge in [0.25, 0.3) is 5.79 Å². The molecule has 2 aromatic rings. The minimum Gasteiger partial charge on any atom is -0.419 e. The Hall–Kier alpha value is -2.54. The number of H-pyrrole nitrogens is 1. The lowest BCUT2D eigenvalue weighted by Gasteiger charge is -2.29. The number of halogens is 1. The van der Waals surface area contributed by atoms with Crippen LogP contribution in [0.3, 0.4) is 0 Å². The number of carbonyl (C=O) groups excluding carboxylic acids is 2. The molecule has 1 saturated heterocycles. The van der Waals surface area contributed by atoms with E-state index < -0.39 is 17.7 Å². The molecule has 1 fully saturated rings. The Balaban J connectivity index is 1.90. The maximum atomic E-state index is 11.8. The van der Waals surface area contributed by atoms with Crippen LogP contribution in [0.2, 0.25) is 5.15 Å². The quantitative estimate of drug-likeness (QED) is 0.501. The molecular weight excluding hydrogens is 310 g/mol. The van der Waals surface area contributed by atoms with Crippen molar-refractivity contribution in [3.05, 3.63) is 35.1 Å². The average molecular weight is 322 g/mol. The fourth-order valence-electron chi connectivity index (χ4n) is 2.05. The molecule has 0 amide bonds. The van der Waals surface area contributed by atoms with E-state index in [4.69, 9.17) is 21.1 Å². The molecule has 0 aliphatic carbocycles. The van der Waals surface area contributed by atoms with Crippen molar-refractivity contribution in [2.24, 2.45) is 0 Å². The second-order valence-corrected chi connectivity index (χ2v) is 5.50. The predicted molar refractivity (Wildman–Crippen MR) is 79.1 cm³/mol. The lowest BCUT2D eigenvalue weighted by atomic mass is 10.2. The van der Waals surface area contributed by atoms with Crippen LogP contribution in [0, 0.1) is 0 Å². The van der Waals surface area contributed by atoms with Crippen molar-refractivity contribution >= 4 is 40.1 Å². The standard InChI is InChI=1S/C14H12ClN3O4/c1-14(2)21-12(19)8(13(20)22-14)6-16-9-5-3-4-7-10(9)17-18-11(7)15/h3-6,16H,1-2H3,(H,17,18). The third kappa shape index (κ3) is 2.50. The number of hydrogen-bond acceptors (Lipinski definition) is 6. The maximum Gasteiger partial charge on any atom is 0.350 e. The van der Waals surface area contributed by atoms with Crippen LogP contribution in [0.4, 0.5) is 5.69 Å². The van der Waals surface area contributed by atoms with E-state index >= 15 is 0 Å². The highest BCUT2D eigenvalue weighted by Gasteiger charge is 2.38. The summed E-state index contributed by atoms with van der Waals surface area (Å²) in [5.41, 5.74) is 0.943. The summed E-state index contributed by atoms with van der Waals surface area (Å²) in [6, 6.07) is 5.30. The summed E-state index contributed by atoms with van der Waals surface area (Å²) in [5.74, 6) is -2.76. The van der Waals surface area contributed by atoms with Crippen molar-refractivity contribution < 1.29 is 19.1 Å². The number of benzene rings is 1. The van der Waals surface area contributed by atoms with Crippen LogP contribution < -0.4 is 5.32 Å². The van der Waals surface area contributed by atoms with Gasteiger partial charge in [-0.2, -0.15) is 5.10 Å². The third-order valence-electron chi connectivity index (χ3n) is 3.03. The summed E-state index contributed by atoms with van der Waals surface area (Å²) >= 11 is 5.96. The molecule has 7 nitrogen and oxygen atoms in total. The largest absolute Gasteiger partial charge is 0.419 e. The van der Waals surface area contributed by atoms with Gasteiger partial charge in [-0.25, -0.2) is 9.59 Å². The highest BCUT2D eigenvalue weighted by atomic mass is 35.5. The number of anilines is 1. The monoisotopic (exact) mass is 321 g/mol. The SMILES string of the molecule is CC1(C)OC(=O)C(=CNc2cccc3c(Cl)[nH]nc23)C(=O)O1. The zero-order valence-electron chi connectivity index (χ0n) is 11.8. The molecule has 114 valence electrons. The van der Waals surface area contributed by atoms with Crippen molar-refractivity contribution in [1.29, 1.82) is 0 Å². The molecule has 3 rings (SSSR count). The first-order valence-corrected chi connectivity index (χ1v) is 6.81. The number of ether oxygens (including phenoxy) is 2. The summed E-state index contributed by atoms with van der Waals surface area (Å²) in [6.45, 7) is 2.97. The number of para-hydroxylation sites is 1. The molecule has 2 heterocycles. The molecule has 1 aromatic heterocycles. The molecule has 8 heteroatoms. The van der Waals surface area contributed by atoms with E-state index in [0.717, 1.165) is 5.39 Å². The number of esters is 2. The van der Waals surface area contributed by atoms with E-state index in [1.165, 1.54) is 20.0 Å². The van der Waals surface area contributed by atoms with Crippen LogP contribution in [-0.4, -0.2) is 27.9 Å². The van der Waals surface area contributed by atoms with Crippen LogP contribution in [0.5, 0.6) is 0 Å². The van der Waals surface area contributed by atoms with Gasteiger partial charge in [0, 0.05) is 25.4 Å². The van der Waals surface area contributed by atoms with Crippen LogP contribution in [0.15, 0.2) is 30.0 Å². The van der Waals surface area contributed by atoms with Crippen molar-refractivity contribution in [1.82, 2.24) is 10.2 Å². The van der Waals surface area contributed by atoms with Crippen molar-refractivity contribution in [2.45, 2.75) is 19.6 Å². The zero-order valence-corrected chi connectivity index (χ0v) is 12.5. The van der Waals surface area contributed by atoms with Crippen LogP contribution in [-0.2, 0) is 19.1 Å². The Morgan fingerprint density at radius 1 is 1.27 bits per heavy atom. The molecule has 0 atom stereocenters. The molecule has 0 radical (unpaired) electrons. The lowest BCUT2D eigenvalue weighted by molar-refractivity contribution is -0.222. The summed E-state index contributed by atoms with van der Waals surface area (Å²) in [6.07, 6.45) is 1.23. The fraction of sp³-hybridized carbons (Fsp3) is 0.214. The van der Waals surface area contributed by atoms with Crippen molar-refractivity contribution in [2.75, 3.05) is 5.32 Å². The Kier molecular flexibility index (Phi) is 3.29. The Bertz CT molecular complexity index is 788. The number of fused-ring (bicyclic) bond motifs is 1. The number of hydrogen-bond donors (Lipinski definition) is 2. The molecule has 1 aliphatic rings. The molecule has 1 aliphatic heterocycles. The van der Waals surface area contributed by atoms with Gasteiger partial charge >= 0.3 is 11.9 Å². The van der Waals surface area contributed by atoms with Crippen molar-refractivity contribution in [3.8, 4) is 0 Å². The second-order valence-electron chi connectivity index (χ2n) is 5.12. The number of nitrogens with one attached hydrogen (secondary N) is 2. The smallest absolute Gasteiger partial charge is 0.350 e. The van der Waals surface area contributed by atoms with Crippen molar-refractivity contribution in [3.63, 3.8) is 0 Å². The van der Waals surface area contributed by atoms with Gasteiger partial charge < -0.3 is 14.8 Å². The number of rotatable bonds is 2. The molecule has 0 bridgehead atoms. The zero-order chi connectivity index (χ0) is 15.9. The number of cyclic esters (lactones) is 2. The minimum absolute atomic E-state index is 0.224. The number of aromatic nitrogens is 2. The molecule has 0 unspecified atom stereocenters. The molecular formula is C14H12ClN3O4. The highest BCUT2D eigenvalue weighted by molar-refractivity contribution is 6.34. The topological polar surface area (TPSA) is 93.3 Å². The van der Waals surface area contributed by atoms with Gasteiger partial charge in [-0.15, -0.1) is 0 Å². The minimum atomic E-state index is -1.26. The number of carbonyl (C=O) groups is 2. The van der Waals surface area contributed by atoms with E-state index in [1.54, 1.807) is 18.2 Å². The molecule has 22 heavy (non-hydrogen) atoms. The van der Waals surface area contributed by atoms with Gasteiger partial charge in [0.15, 0.2) is 5.57 Å². The van der Waals surface area contributed by atoms with Gasteiger partial charge in [-0.3, -0.25) is 5.10 Å². The highest BCUT2D eigenvalue weighted by Crippen LogP contribution is 2.27. The van der Waals surface area contributed by atoms with Crippen LogP contribution >= 0.6 is 11.6 Å². The van der Waals surface area contributed by atoms with E-state index in [1.807, 2.05) is 0 Å². The molecule has 2 N–H and O–H groups in total. The first-order chi connectivity index (χ1) is 10.4. The van der Waals surface area contributed by atoms with E-state index in [-0.39, 0.29) is 5.57 Å². The summed E-state index contributed by atoms with van der Waals surface area (Å²) in [4.78, 5) is 23.7. The predicted octanol–water partition coefficient (Wildman–Crippen LogP) is 2.35. The summed E-state index contributed by atoms with van der Waals surface area (Å²) in [5, 5.41) is 10.7. The lowest BCUT2D eigenvalue weighted by Crippen LogP contribution is -2.42. The summed E-state index contributed by atoms with van der Waals surface area (Å²) < 4.78 is 10.0. The normalized spacial score (nSPS) is 17.1. The number of nitrogens with zero attached hydrogens (tertiary/aromatic N) is 1. The van der Waals surface area contributed by atoms with Gasteiger partial charge in [-0.05, 0) is 12.1 Å². The molecule has 0 spiro atoms. The summed E-state index contributed by atoms with van der Waals surface area (Å²) in [7, 11) is 0. The molecule has 1 aromatic carbocycles. The Labute approximate surface area is 130 Å². The third-order valence-corrected chi connectivity index (χ3v) is 3.32. The average Bonchev–Trinajstić information content (AvgIpc) is 2.79. The first kappa shape index (κ1) is 14.4. The maximum absolute atomic E-state index is 11.8. The van der Waals surface area contributed by atoms with Crippen LogP contribution in [0.1, 0.15) is 13.8 Å². The Morgan fingerprint density at radius 2 is 1.95 bits per heavy atom. The van der Waals surface area contributed by atoms with E-state index in [9.17, 15) is 9.59 Å². The fourth-order valence-corrected chi connectivity index (χ4v) is 2.25. The van der Waals surface area contributed by atoms with Crippen LogP contribution in [0.25, 0.3) is 10.9 Å². The van der Waals surface area contributed by atoms with E-state index in [2.05, 4.69) is 15.5 Å². The Morgan fingerprint density at radius 3 is 2.64 bits per heavy atom.